The number of rotatable bonds is 12. The maximum atomic E-state index is 12.0. The van der Waals surface area contributed by atoms with Gasteiger partial charge in [-0.3, -0.25) is 9.59 Å². The van der Waals surface area contributed by atoms with Crippen molar-refractivity contribution in [1.29, 1.82) is 0 Å². The van der Waals surface area contributed by atoms with Crippen LogP contribution in [0.5, 0.6) is 0 Å². The number of esters is 2. The average Bonchev–Trinajstić information content (AvgIpc) is 3.78. The highest BCUT2D eigenvalue weighted by Gasteiger charge is 2.43. The SMILES string of the molecule is CCOC(=O)[C@@H](CC=O)[C@H]1C[C@@H](C)O[C@H](C2CC2)C1.CCOC(=O)[C@@H](CC=O)[C@H]1C[C@H](C)O[C@@H](C2CC2)C1. The second-order valence-corrected chi connectivity index (χ2v) is 11.6. The number of hydrogen-bond donors (Lipinski definition) is 0. The summed E-state index contributed by atoms with van der Waals surface area (Å²) in [6.45, 7) is 8.47. The van der Waals surface area contributed by atoms with Gasteiger partial charge in [0.2, 0.25) is 0 Å². The van der Waals surface area contributed by atoms with Gasteiger partial charge in [0.1, 0.15) is 12.6 Å². The Morgan fingerprint density at radius 1 is 0.711 bits per heavy atom. The third-order valence-corrected chi connectivity index (χ3v) is 8.47. The van der Waals surface area contributed by atoms with Crippen molar-refractivity contribution in [3.63, 3.8) is 0 Å². The van der Waals surface area contributed by atoms with E-state index < -0.39 is 0 Å². The van der Waals surface area contributed by atoms with Crippen LogP contribution >= 0.6 is 0 Å². The Balaban J connectivity index is 0.000000211. The van der Waals surface area contributed by atoms with Gasteiger partial charge in [0.25, 0.3) is 0 Å². The molecule has 4 aliphatic rings. The number of aldehydes is 2. The molecule has 4 fully saturated rings. The summed E-state index contributed by atoms with van der Waals surface area (Å²) >= 11 is 0. The van der Waals surface area contributed by atoms with E-state index >= 15 is 0 Å². The van der Waals surface area contributed by atoms with Crippen molar-refractivity contribution in [3.05, 3.63) is 0 Å². The fourth-order valence-electron chi connectivity index (χ4n) is 6.33. The van der Waals surface area contributed by atoms with Crippen molar-refractivity contribution in [2.24, 2.45) is 35.5 Å². The third kappa shape index (κ3) is 9.15. The molecule has 8 atom stereocenters. The topological polar surface area (TPSA) is 105 Å². The van der Waals surface area contributed by atoms with E-state index in [1.54, 1.807) is 13.8 Å². The minimum absolute atomic E-state index is 0.174. The molecule has 216 valence electrons. The van der Waals surface area contributed by atoms with Crippen LogP contribution in [0.25, 0.3) is 0 Å². The molecule has 2 heterocycles. The van der Waals surface area contributed by atoms with Gasteiger partial charge in [-0.2, -0.15) is 0 Å². The summed E-state index contributed by atoms with van der Waals surface area (Å²) in [4.78, 5) is 45.7. The smallest absolute Gasteiger partial charge is 0.309 e. The van der Waals surface area contributed by atoms with Crippen LogP contribution in [0, 0.1) is 35.5 Å². The fraction of sp³-hybridized carbons (Fsp3) is 0.867. The Labute approximate surface area is 227 Å². The molecule has 0 bridgehead atoms. The summed E-state index contributed by atoms with van der Waals surface area (Å²) in [6, 6.07) is 0. The van der Waals surface area contributed by atoms with Crippen LogP contribution in [0.1, 0.15) is 91.9 Å². The molecule has 0 unspecified atom stereocenters. The van der Waals surface area contributed by atoms with Crippen LogP contribution in [0.3, 0.4) is 0 Å². The predicted molar refractivity (Wildman–Crippen MR) is 141 cm³/mol. The molecule has 0 aromatic rings. The van der Waals surface area contributed by atoms with E-state index in [0.717, 1.165) is 38.3 Å². The fourth-order valence-corrected chi connectivity index (χ4v) is 6.33. The molecule has 8 nitrogen and oxygen atoms in total. The molecule has 0 amide bonds. The lowest BCUT2D eigenvalue weighted by Gasteiger charge is -2.37. The number of carbonyl (C=O) groups excluding carboxylic acids is 4. The average molecular weight is 537 g/mol. The first-order valence-electron chi connectivity index (χ1n) is 14.8. The van der Waals surface area contributed by atoms with Crippen LogP contribution < -0.4 is 0 Å². The molecule has 2 aliphatic carbocycles. The first-order chi connectivity index (χ1) is 18.3. The van der Waals surface area contributed by atoms with Crippen molar-refractivity contribution < 1.29 is 38.1 Å². The molecule has 2 aliphatic heterocycles. The van der Waals surface area contributed by atoms with Crippen molar-refractivity contribution in [1.82, 2.24) is 0 Å². The van der Waals surface area contributed by atoms with Crippen molar-refractivity contribution in [2.45, 2.75) is 116 Å². The lowest BCUT2D eigenvalue weighted by Crippen LogP contribution is -2.38. The van der Waals surface area contributed by atoms with Crippen LogP contribution in [-0.2, 0) is 38.1 Å². The molecule has 0 N–H and O–H groups in total. The number of hydrogen-bond acceptors (Lipinski definition) is 8. The van der Waals surface area contributed by atoms with Crippen molar-refractivity contribution >= 4 is 24.5 Å². The van der Waals surface area contributed by atoms with E-state index in [4.69, 9.17) is 18.9 Å². The molecular formula is C30H48O8. The second-order valence-electron chi connectivity index (χ2n) is 11.6. The minimum atomic E-state index is -0.287. The first kappa shape index (κ1) is 30.7. The second kappa shape index (κ2) is 15.1. The van der Waals surface area contributed by atoms with Gasteiger partial charge in [0.15, 0.2) is 0 Å². The predicted octanol–water partition coefficient (Wildman–Crippen LogP) is 4.70. The maximum Gasteiger partial charge on any atom is 0.309 e. The molecule has 4 rings (SSSR count). The summed E-state index contributed by atoms with van der Waals surface area (Å²) in [5.41, 5.74) is 0. The van der Waals surface area contributed by atoms with Gasteiger partial charge in [0, 0.05) is 12.8 Å². The van der Waals surface area contributed by atoms with Crippen molar-refractivity contribution in [2.75, 3.05) is 13.2 Å². The van der Waals surface area contributed by atoms with Gasteiger partial charge >= 0.3 is 11.9 Å². The Hall–Kier alpha value is -1.80. The molecule has 2 saturated heterocycles. The van der Waals surface area contributed by atoms with E-state index in [9.17, 15) is 19.2 Å². The first-order valence-corrected chi connectivity index (χ1v) is 14.8. The zero-order valence-electron chi connectivity index (χ0n) is 23.7. The zero-order valence-corrected chi connectivity index (χ0v) is 23.7. The van der Waals surface area contributed by atoms with Crippen LogP contribution in [0.15, 0.2) is 0 Å². The lowest BCUT2D eigenvalue weighted by atomic mass is 9.79. The highest BCUT2D eigenvalue weighted by Crippen LogP contribution is 2.44. The molecule has 0 aromatic heterocycles. The van der Waals surface area contributed by atoms with E-state index in [1.165, 1.54) is 25.7 Å². The molecule has 0 radical (unpaired) electrons. The quantitative estimate of drug-likeness (QED) is 0.261. The standard InChI is InChI=1S/2C15H24O4/c2*1-3-18-15(17)13(6-7-16)12-8-10(2)19-14(9-12)11-4-5-11/h2*7,10-14H,3-6,8-9H2,1-2H3/t10-,12+,13+,14+;10-,12-,13-,14+/m10/s1. The largest absolute Gasteiger partial charge is 0.466 e. The van der Waals surface area contributed by atoms with Crippen LogP contribution in [-0.4, -0.2) is 62.1 Å². The van der Waals surface area contributed by atoms with Gasteiger partial charge in [0.05, 0.1) is 49.5 Å². The molecule has 2 saturated carbocycles. The van der Waals surface area contributed by atoms with E-state index in [-0.39, 0.29) is 72.9 Å². The summed E-state index contributed by atoms with van der Waals surface area (Å²) in [6.07, 6.45) is 11.6. The Morgan fingerprint density at radius 3 is 1.37 bits per heavy atom. The molecule has 0 spiro atoms. The van der Waals surface area contributed by atoms with Gasteiger partial charge in [-0.15, -0.1) is 0 Å². The monoisotopic (exact) mass is 536 g/mol. The van der Waals surface area contributed by atoms with E-state index in [1.807, 2.05) is 0 Å². The summed E-state index contributed by atoms with van der Waals surface area (Å²) < 4.78 is 22.2. The zero-order chi connectivity index (χ0) is 27.7. The Morgan fingerprint density at radius 2 is 1.08 bits per heavy atom. The van der Waals surface area contributed by atoms with Crippen LogP contribution in [0.2, 0.25) is 0 Å². The summed E-state index contributed by atoms with van der Waals surface area (Å²) in [5.74, 6) is 0.771. The van der Waals surface area contributed by atoms with Gasteiger partial charge < -0.3 is 28.5 Å². The molecule has 8 heteroatoms. The van der Waals surface area contributed by atoms with Crippen LogP contribution in [0.4, 0.5) is 0 Å². The highest BCUT2D eigenvalue weighted by atomic mass is 16.5. The molecule has 38 heavy (non-hydrogen) atoms. The summed E-state index contributed by atoms with van der Waals surface area (Å²) in [7, 11) is 0. The van der Waals surface area contributed by atoms with Gasteiger partial charge in [-0.05, 0) is 103 Å². The number of carbonyl (C=O) groups is 4. The van der Waals surface area contributed by atoms with Gasteiger partial charge in [-0.25, -0.2) is 0 Å². The maximum absolute atomic E-state index is 12.0. The lowest BCUT2D eigenvalue weighted by molar-refractivity contribution is -0.156. The Bertz CT molecular complexity index is 712. The van der Waals surface area contributed by atoms with Gasteiger partial charge in [-0.1, -0.05) is 0 Å². The normalized spacial score (nSPS) is 32.6. The van der Waals surface area contributed by atoms with Crippen molar-refractivity contribution in [3.8, 4) is 0 Å². The number of ether oxygens (including phenoxy) is 4. The summed E-state index contributed by atoms with van der Waals surface area (Å²) in [5, 5.41) is 0. The molecule has 0 aromatic carbocycles. The highest BCUT2D eigenvalue weighted by molar-refractivity contribution is 5.76. The third-order valence-electron chi connectivity index (χ3n) is 8.47. The molecular weight excluding hydrogens is 488 g/mol. The van der Waals surface area contributed by atoms with E-state index in [0.29, 0.717) is 25.0 Å². The Kier molecular flexibility index (Phi) is 12.2. The van der Waals surface area contributed by atoms with E-state index in [2.05, 4.69) is 13.8 Å². The minimum Gasteiger partial charge on any atom is -0.466 e.